The summed E-state index contributed by atoms with van der Waals surface area (Å²) < 4.78 is 65.1. The molecule has 3 fully saturated rings. The number of aryl methyl sites for hydroxylation is 1. The zero-order chi connectivity index (χ0) is 43.5. The van der Waals surface area contributed by atoms with Gasteiger partial charge in [0.25, 0.3) is 5.91 Å². The molecule has 1 aliphatic carbocycles. The van der Waals surface area contributed by atoms with Crippen LogP contribution in [0, 0.1) is 5.92 Å². The fourth-order valence-corrected chi connectivity index (χ4v) is 9.33. The van der Waals surface area contributed by atoms with E-state index in [1.54, 1.807) is 25.2 Å². The van der Waals surface area contributed by atoms with E-state index in [4.69, 9.17) is 9.40 Å². The fourth-order valence-electron chi connectivity index (χ4n) is 9.33. The molecule has 0 radical (unpaired) electrons. The molecule has 3 amide bonds. The number of halogens is 4. The van der Waals surface area contributed by atoms with Crippen LogP contribution < -0.4 is 21.2 Å². The van der Waals surface area contributed by atoms with Gasteiger partial charge in [-0.3, -0.25) is 28.8 Å². The van der Waals surface area contributed by atoms with Crippen molar-refractivity contribution in [1.29, 1.82) is 0 Å². The van der Waals surface area contributed by atoms with E-state index in [1.165, 1.54) is 35.1 Å². The Morgan fingerprint density at radius 1 is 1.02 bits per heavy atom. The number of aliphatic hydroxyl groups is 1. The van der Waals surface area contributed by atoms with Crippen LogP contribution in [0.4, 0.5) is 28.9 Å². The van der Waals surface area contributed by atoms with Crippen LogP contribution in [0.1, 0.15) is 98.4 Å². The van der Waals surface area contributed by atoms with Crippen molar-refractivity contribution < 1.29 is 41.5 Å². The Morgan fingerprint density at radius 3 is 2.44 bits per heavy atom. The molecule has 3 aliphatic rings. The summed E-state index contributed by atoms with van der Waals surface area (Å²) in [5.41, 5.74) is -0.292. The molecule has 61 heavy (non-hydrogen) atoms. The molecule has 2 aromatic carbocycles. The molecule has 2 saturated heterocycles. The van der Waals surface area contributed by atoms with Crippen LogP contribution in [0.2, 0.25) is 0 Å². The van der Waals surface area contributed by atoms with E-state index in [0.717, 1.165) is 37.8 Å². The van der Waals surface area contributed by atoms with Crippen molar-refractivity contribution in [3.63, 3.8) is 0 Å². The first-order chi connectivity index (χ1) is 28.9. The lowest BCUT2D eigenvalue weighted by atomic mass is 9.81. The molecule has 5 aromatic rings. The minimum absolute atomic E-state index is 0.00702. The van der Waals surface area contributed by atoms with E-state index >= 15 is 4.39 Å². The molecule has 1 saturated carbocycles. The minimum Gasteiger partial charge on any atom is -0.440 e. The summed E-state index contributed by atoms with van der Waals surface area (Å²) in [6.07, 6.45) is -1.66. The number of aromatic nitrogens is 4. The van der Waals surface area contributed by atoms with Crippen molar-refractivity contribution in [3.05, 3.63) is 81.9 Å². The van der Waals surface area contributed by atoms with E-state index in [1.807, 2.05) is 18.0 Å². The maximum absolute atomic E-state index is 16.1. The standard InChI is InChI=1S/C43H48F4N8O6/c1-42(2,60)25-19-29-34(20-28(25)49-38(57)27-7-5-10-35(48-27)43(45,46)47)61-40(50-29)24-13-11-23(12-14-24)21-52(3)30-17-18-54(22-26(30)44)31-8-6-9-32-37(31)53(4)41(59)55(32)33-15-16-36(56)51-39(33)58/h5-10,19-20,23-24,26,30,33,60H,11-18,21-22H2,1-4H3,(H,49,57)(H,51,56,58)/t23?,24?,26-,30+,33?/m1/s1. The summed E-state index contributed by atoms with van der Waals surface area (Å²) in [6.45, 7) is 4.47. The number of rotatable bonds is 9. The van der Waals surface area contributed by atoms with Gasteiger partial charge in [0.15, 0.2) is 11.5 Å². The number of alkyl halides is 4. The Balaban J connectivity index is 0.900. The van der Waals surface area contributed by atoms with Crippen LogP contribution in [-0.2, 0) is 28.4 Å². The van der Waals surface area contributed by atoms with Gasteiger partial charge in [-0.1, -0.05) is 12.1 Å². The number of pyridine rings is 1. The lowest BCUT2D eigenvalue weighted by Crippen LogP contribution is -2.52. The highest BCUT2D eigenvalue weighted by atomic mass is 19.4. The number of carbonyl (C=O) groups is 3. The molecule has 0 bridgehead atoms. The molecule has 1 unspecified atom stereocenters. The number of hydrogen-bond acceptors (Lipinski definition) is 10. The van der Waals surface area contributed by atoms with Gasteiger partial charge in [0.2, 0.25) is 11.8 Å². The van der Waals surface area contributed by atoms with Gasteiger partial charge in [0.05, 0.1) is 34.6 Å². The zero-order valence-electron chi connectivity index (χ0n) is 34.3. The molecule has 324 valence electrons. The number of carbonyl (C=O) groups excluding carboxylic acids is 3. The lowest BCUT2D eigenvalue weighted by molar-refractivity contribution is -0.141. The van der Waals surface area contributed by atoms with Crippen molar-refractivity contribution in [2.75, 3.05) is 36.9 Å². The van der Waals surface area contributed by atoms with E-state index in [2.05, 4.69) is 20.5 Å². The SMILES string of the molecule is CN(CC1CCC(c2nc3cc(C(C)(C)O)c(NC(=O)c4cccc(C(F)(F)F)n4)cc3o2)CC1)[C@H]1CCN(c2cccc3c2n(C)c(=O)n3C2CCC(=O)NC2=O)C[C@H]1F. The second-order valence-corrected chi connectivity index (χ2v) is 17.1. The summed E-state index contributed by atoms with van der Waals surface area (Å²) >= 11 is 0. The fraction of sp³-hybridized carbons (Fsp3) is 0.488. The van der Waals surface area contributed by atoms with Crippen LogP contribution in [0.5, 0.6) is 0 Å². The Morgan fingerprint density at radius 2 is 1.75 bits per heavy atom. The molecule has 14 nitrogen and oxygen atoms in total. The van der Waals surface area contributed by atoms with E-state index < -0.39 is 47.2 Å². The van der Waals surface area contributed by atoms with Crippen LogP contribution in [0.15, 0.2) is 57.7 Å². The molecule has 3 N–H and O–H groups in total. The number of fused-ring (bicyclic) bond motifs is 2. The quantitative estimate of drug-likeness (QED) is 0.115. The first kappa shape index (κ1) is 42.1. The van der Waals surface area contributed by atoms with Gasteiger partial charge in [-0.05, 0) is 95.7 Å². The third-order valence-electron chi connectivity index (χ3n) is 12.5. The van der Waals surface area contributed by atoms with Crippen molar-refractivity contribution in [2.45, 2.75) is 94.7 Å². The van der Waals surface area contributed by atoms with E-state index in [0.29, 0.717) is 64.7 Å². The average Bonchev–Trinajstić information content (AvgIpc) is 3.74. The Bertz CT molecular complexity index is 2570. The van der Waals surface area contributed by atoms with Gasteiger partial charge in [-0.15, -0.1) is 0 Å². The largest absolute Gasteiger partial charge is 0.440 e. The number of imide groups is 1. The molecule has 2 aliphatic heterocycles. The van der Waals surface area contributed by atoms with Crippen molar-refractivity contribution in [1.82, 2.24) is 29.3 Å². The van der Waals surface area contributed by atoms with Crippen LogP contribution in [-0.4, -0.2) is 85.7 Å². The maximum atomic E-state index is 16.1. The number of imidazole rings is 1. The Labute approximate surface area is 347 Å². The third kappa shape index (κ3) is 8.26. The van der Waals surface area contributed by atoms with Gasteiger partial charge >= 0.3 is 11.9 Å². The van der Waals surface area contributed by atoms with Crippen LogP contribution >= 0.6 is 0 Å². The number of piperidine rings is 2. The summed E-state index contributed by atoms with van der Waals surface area (Å²) in [5.74, 6) is -0.912. The number of nitrogens with one attached hydrogen (secondary N) is 2. The van der Waals surface area contributed by atoms with Gasteiger partial charge < -0.3 is 24.6 Å². The number of amides is 3. The lowest BCUT2D eigenvalue weighted by Gasteiger charge is -2.42. The second-order valence-electron chi connectivity index (χ2n) is 17.1. The maximum Gasteiger partial charge on any atom is 0.433 e. The number of anilines is 2. The van der Waals surface area contributed by atoms with Crippen molar-refractivity contribution in [2.24, 2.45) is 13.0 Å². The Kier molecular flexibility index (Phi) is 11.0. The highest BCUT2D eigenvalue weighted by Crippen LogP contribution is 2.40. The van der Waals surface area contributed by atoms with Crippen LogP contribution in [0.25, 0.3) is 22.1 Å². The molecule has 8 rings (SSSR count). The molecule has 18 heteroatoms. The number of hydrogen-bond donors (Lipinski definition) is 3. The van der Waals surface area contributed by atoms with Gasteiger partial charge in [-0.25, -0.2) is 19.2 Å². The molecule has 5 heterocycles. The molecular weight excluding hydrogens is 801 g/mol. The van der Waals surface area contributed by atoms with Crippen molar-refractivity contribution in [3.8, 4) is 0 Å². The summed E-state index contributed by atoms with van der Waals surface area (Å²) in [7, 11) is 3.60. The van der Waals surface area contributed by atoms with Gasteiger partial charge in [-0.2, -0.15) is 13.2 Å². The minimum atomic E-state index is -4.73. The third-order valence-corrected chi connectivity index (χ3v) is 12.5. The molecule has 0 spiro atoms. The number of nitrogens with zero attached hydrogens (tertiary/aromatic N) is 6. The number of para-hydroxylation sites is 1. The first-order valence-corrected chi connectivity index (χ1v) is 20.5. The van der Waals surface area contributed by atoms with Crippen molar-refractivity contribution >= 4 is 51.2 Å². The topological polar surface area (TPSA) is 168 Å². The summed E-state index contributed by atoms with van der Waals surface area (Å²) in [4.78, 5) is 63.3. The monoisotopic (exact) mass is 848 g/mol. The second kappa shape index (κ2) is 16.0. The number of benzene rings is 2. The summed E-state index contributed by atoms with van der Waals surface area (Å²) in [6, 6.07) is 10.5. The Hall–Kier alpha value is -5.62. The summed E-state index contributed by atoms with van der Waals surface area (Å²) in [5, 5.41) is 15.9. The van der Waals surface area contributed by atoms with E-state index in [9.17, 15) is 37.5 Å². The zero-order valence-corrected chi connectivity index (χ0v) is 34.3. The predicted octanol–water partition coefficient (Wildman–Crippen LogP) is 6.18. The molecular formula is C43H48F4N8O6. The van der Waals surface area contributed by atoms with Gasteiger partial charge in [0.1, 0.15) is 29.1 Å². The predicted molar refractivity (Wildman–Crippen MR) is 218 cm³/mol. The van der Waals surface area contributed by atoms with Gasteiger partial charge in [0, 0.05) is 50.1 Å². The van der Waals surface area contributed by atoms with E-state index in [-0.39, 0.29) is 48.6 Å². The average molecular weight is 849 g/mol. The smallest absolute Gasteiger partial charge is 0.433 e. The molecule has 3 atom stereocenters. The highest BCUT2D eigenvalue weighted by Gasteiger charge is 2.37. The number of oxazole rings is 1. The first-order valence-electron chi connectivity index (χ1n) is 20.5. The highest BCUT2D eigenvalue weighted by molar-refractivity contribution is 6.04. The molecule has 3 aromatic heterocycles. The van der Waals surface area contributed by atoms with Crippen LogP contribution in [0.3, 0.4) is 0 Å². The normalized spacial score (nSPS) is 22.9.